The lowest BCUT2D eigenvalue weighted by Gasteiger charge is -1.87. The average Bonchev–Trinajstić information content (AvgIpc) is 2.41. The molecule has 1 atom stereocenters. The molecule has 0 fully saturated rings. The van der Waals surface area contributed by atoms with Gasteiger partial charge in [0.25, 0.3) is 0 Å². The molecule has 0 aromatic carbocycles. The minimum atomic E-state index is 0.399. The van der Waals surface area contributed by atoms with Crippen LogP contribution < -0.4 is 0 Å². The SMILES string of the molecule is CCCCC[s+]1ccnc1. The van der Waals surface area contributed by atoms with E-state index in [0.717, 1.165) is 0 Å². The van der Waals surface area contributed by atoms with Gasteiger partial charge in [-0.05, 0) is 23.3 Å². The van der Waals surface area contributed by atoms with Crippen LogP contribution in [0.15, 0.2) is 17.1 Å². The largest absolute Gasteiger partial charge is 0.229 e. The molecule has 0 amide bonds. The number of unbranched alkanes of at least 4 members (excludes halogenated alkanes) is 2. The van der Waals surface area contributed by atoms with Crippen LogP contribution in [0.25, 0.3) is 0 Å². The third kappa shape index (κ3) is 2.48. The zero-order valence-corrected chi connectivity index (χ0v) is 7.23. The van der Waals surface area contributed by atoms with Crippen LogP contribution in [0.1, 0.15) is 26.2 Å². The predicted molar refractivity (Wildman–Crippen MR) is 46.2 cm³/mol. The summed E-state index contributed by atoms with van der Waals surface area (Å²) in [7, 11) is 0.399. The molecule has 0 aliphatic rings. The van der Waals surface area contributed by atoms with Crippen LogP contribution in [-0.4, -0.2) is 4.98 Å². The molecule has 10 heavy (non-hydrogen) atoms. The van der Waals surface area contributed by atoms with Gasteiger partial charge in [0, 0.05) is 0 Å². The predicted octanol–water partition coefficient (Wildman–Crippen LogP) is 3.02. The van der Waals surface area contributed by atoms with E-state index in [9.17, 15) is 0 Å². The van der Waals surface area contributed by atoms with E-state index in [2.05, 4.69) is 22.8 Å². The van der Waals surface area contributed by atoms with Gasteiger partial charge in [-0.3, -0.25) is 0 Å². The van der Waals surface area contributed by atoms with Crippen molar-refractivity contribution in [2.75, 3.05) is 0 Å². The molecule has 2 heteroatoms. The Hall–Kier alpha value is -0.370. The molecular weight excluding hydrogens is 142 g/mol. The second-order valence-electron chi connectivity index (χ2n) is 2.42. The molecule has 0 radical (unpaired) electrons. The van der Waals surface area contributed by atoms with Gasteiger partial charge in [-0.25, -0.2) is 4.98 Å². The van der Waals surface area contributed by atoms with Crippen molar-refractivity contribution in [2.24, 2.45) is 0 Å². The Labute approximate surface area is 65.1 Å². The van der Waals surface area contributed by atoms with E-state index >= 15 is 0 Å². The van der Waals surface area contributed by atoms with E-state index in [0.29, 0.717) is 10.5 Å². The van der Waals surface area contributed by atoms with E-state index in [1.54, 1.807) is 0 Å². The van der Waals surface area contributed by atoms with Crippen LogP contribution in [0.3, 0.4) is 0 Å². The minimum absolute atomic E-state index is 0.399. The van der Waals surface area contributed by atoms with E-state index in [1.807, 2.05) is 6.20 Å². The summed E-state index contributed by atoms with van der Waals surface area (Å²) < 4.78 is 0. The van der Waals surface area contributed by atoms with Crippen LogP contribution in [-0.2, 0) is 5.75 Å². The maximum Gasteiger partial charge on any atom is 0.229 e. The first-order valence-corrected chi connectivity index (χ1v) is 5.34. The van der Waals surface area contributed by atoms with Crippen molar-refractivity contribution in [3.05, 3.63) is 17.1 Å². The van der Waals surface area contributed by atoms with E-state index in [1.165, 1.54) is 25.0 Å². The Morgan fingerprint density at radius 2 is 2.30 bits per heavy atom. The van der Waals surface area contributed by atoms with Gasteiger partial charge in [0.15, 0.2) is 5.38 Å². The molecule has 1 rings (SSSR count). The number of aryl methyl sites for hydroxylation is 1. The lowest BCUT2D eigenvalue weighted by molar-refractivity contribution is 0.752. The van der Waals surface area contributed by atoms with Crippen molar-refractivity contribution in [3.8, 4) is 0 Å². The number of thiazole rings is 1. The summed E-state index contributed by atoms with van der Waals surface area (Å²) in [6.07, 6.45) is 5.95. The second-order valence-corrected chi connectivity index (χ2v) is 4.25. The number of aromatic nitrogens is 1. The standard InChI is InChI=1S/C8H14NS/c1-2-3-4-6-10-7-5-9-8-10/h5,7-8H,2-4,6H2,1H3/q+1. The fourth-order valence-corrected chi connectivity index (χ4v) is 2.20. The molecular formula is C8H14NS+. The summed E-state index contributed by atoms with van der Waals surface area (Å²) in [5.41, 5.74) is 2.07. The zero-order valence-electron chi connectivity index (χ0n) is 6.42. The molecule has 0 aliphatic carbocycles. The average molecular weight is 156 g/mol. The molecule has 56 valence electrons. The van der Waals surface area contributed by atoms with Gasteiger partial charge in [-0.15, -0.1) is 0 Å². The van der Waals surface area contributed by atoms with Crippen molar-refractivity contribution in [2.45, 2.75) is 31.9 Å². The van der Waals surface area contributed by atoms with Crippen LogP contribution in [0.2, 0.25) is 0 Å². The summed E-state index contributed by atoms with van der Waals surface area (Å²) in [5, 5.41) is 2.20. The minimum Gasteiger partial charge on any atom is -0.208 e. The highest BCUT2D eigenvalue weighted by molar-refractivity contribution is 7.27. The third-order valence-corrected chi connectivity index (χ3v) is 3.13. The fraction of sp³-hybridized carbons (Fsp3) is 0.625. The van der Waals surface area contributed by atoms with E-state index in [-0.39, 0.29) is 0 Å². The van der Waals surface area contributed by atoms with Gasteiger partial charge in [0.05, 0.1) is 6.20 Å². The van der Waals surface area contributed by atoms with Gasteiger partial charge in [0.1, 0.15) is 5.75 Å². The number of hydrogen-bond acceptors (Lipinski definition) is 1. The maximum atomic E-state index is 4.05. The van der Waals surface area contributed by atoms with Crippen LogP contribution in [0, 0.1) is 0 Å². The highest BCUT2D eigenvalue weighted by Gasteiger charge is 1.99. The lowest BCUT2D eigenvalue weighted by atomic mass is 10.3. The summed E-state index contributed by atoms with van der Waals surface area (Å²) in [6.45, 7) is 2.24. The topological polar surface area (TPSA) is 12.9 Å². The molecule has 0 saturated heterocycles. The zero-order chi connectivity index (χ0) is 7.23. The lowest BCUT2D eigenvalue weighted by Crippen LogP contribution is -1.73. The van der Waals surface area contributed by atoms with E-state index < -0.39 is 0 Å². The highest BCUT2D eigenvalue weighted by atomic mass is 32.2. The van der Waals surface area contributed by atoms with Crippen molar-refractivity contribution in [3.63, 3.8) is 0 Å². The number of rotatable bonds is 4. The van der Waals surface area contributed by atoms with Crippen molar-refractivity contribution in [1.82, 2.24) is 4.98 Å². The first kappa shape index (κ1) is 7.73. The summed E-state index contributed by atoms with van der Waals surface area (Å²) in [6, 6.07) is 0. The normalized spacial score (nSPS) is 11.9. The fourth-order valence-electron chi connectivity index (χ4n) is 0.901. The number of nitrogens with zero attached hydrogens (tertiary/aromatic N) is 1. The Bertz CT molecular complexity index is 158. The summed E-state index contributed by atoms with van der Waals surface area (Å²) in [5.74, 6) is 1.31. The molecule has 1 heterocycles. The van der Waals surface area contributed by atoms with E-state index in [4.69, 9.17) is 0 Å². The quantitative estimate of drug-likeness (QED) is 0.482. The molecule has 0 aliphatic heterocycles. The monoisotopic (exact) mass is 156 g/mol. The Kier molecular flexibility index (Phi) is 3.44. The van der Waals surface area contributed by atoms with Gasteiger partial charge < -0.3 is 0 Å². The van der Waals surface area contributed by atoms with Gasteiger partial charge in [-0.2, -0.15) is 0 Å². The van der Waals surface area contributed by atoms with Gasteiger partial charge in [-0.1, -0.05) is 13.3 Å². The maximum absolute atomic E-state index is 4.05. The molecule has 1 nitrogen and oxygen atoms in total. The third-order valence-electron chi connectivity index (χ3n) is 1.50. The second kappa shape index (κ2) is 4.45. The van der Waals surface area contributed by atoms with Gasteiger partial charge >= 0.3 is 0 Å². The Balaban J connectivity index is 2.15. The Morgan fingerprint density at radius 1 is 1.40 bits per heavy atom. The molecule has 1 unspecified atom stereocenters. The molecule has 1 aromatic heterocycles. The molecule has 0 N–H and O–H groups in total. The Morgan fingerprint density at radius 3 is 2.90 bits per heavy atom. The van der Waals surface area contributed by atoms with Crippen molar-refractivity contribution < 1.29 is 0 Å². The van der Waals surface area contributed by atoms with Gasteiger partial charge in [0.2, 0.25) is 5.51 Å². The molecule has 0 saturated carbocycles. The van der Waals surface area contributed by atoms with Crippen molar-refractivity contribution >= 4 is 10.5 Å². The first-order valence-electron chi connectivity index (χ1n) is 3.82. The first-order chi connectivity index (χ1) is 4.93. The molecule has 0 bridgehead atoms. The summed E-state index contributed by atoms with van der Waals surface area (Å²) in [4.78, 5) is 4.05. The molecule has 0 spiro atoms. The van der Waals surface area contributed by atoms with Crippen LogP contribution >= 0.6 is 10.5 Å². The molecule has 1 aromatic rings. The smallest absolute Gasteiger partial charge is 0.208 e. The number of hydrogen-bond donors (Lipinski definition) is 0. The van der Waals surface area contributed by atoms with Crippen molar-refractivity contribution in [1.29, 1.82) is 0 Å². The summed E-state index contributed by atoms with van der Waals surface area (Å²) >= 11 is 0. The van der Waals surface area contributed by atoms with Crippen LogP contribution in [0.5, 0.6) is 0 Å². The van der Waals surface area contributed by atoms with Crippen LogP contribution in [0.4, 0.5) is 0 Å². The highest BCUT2D eigenvalue weighted by Crippen LogP contribution is 2.18.